The fraction of sp³-hybridized carbons (Fsp3) is 0.700. The third kappa shape index (κ3) is 4.68. The Balaban J connectivity index is 3.92. The molecule has 0 amide bonds. The Kier molecular flexibility index (Phi) is 4.70. The fourth-order valence-corrected chi connectivity index (χ4v) is 0.572. The maximum atomic E-state index is 11.3. The van der Waals surface area contributed by atoms with Crippen molar-refractivity contribution in [2.24, 2.45) is 5.41 Å². The smallest absolute Gasteiger partial charge is 0.336 e. The van der Waals surface area contributed by atoms with Gasteiger partial charge in [-0.2, -0.15) is 0 Å². The molecule has 0 saturated carbocycles. The molecule has 76 valence electrons. The standard InChI is InChI=1S/C10H18O3/c1-6-12-7-13-9(11)8(2)10(3,4)5/h2,6-7H2,1,3-5H3. The van der Waals surface area contributed by atoms with E-state index in [0.717, 1.165) is 0 Å². The van der Waals surface area contributed by atoms with Gasteiger partial charge in [-0.05, 0) is 12.3 Å². The molecule has 0 aliphatic carbocycles. The number of carbonyl (C=O) groups is 1. The molecule has 0 bridgehead atoms. The monoisotopic (exact) mass is 186 g/mol. The normalized spacial score (nSPS) is 11.1. The van der Waals surface area contributed by atoms with E-state index in [1.165, 1.54) is 0 Å². The Morgan fingerprint density at radius 1 is 1.38 bits per heavy atom. The van der Waals surface area contributed by atoms with Crippen molar-refractivity contribution >= 4 is 5.97 Å². The average Bonchev–Trinajstić information content (AvgIpc) is 2.01. The van der Waals surface area contributed by atoms with E-state index < -0.39 is 0 Å². The van der Waals surface area contributed by atoms with Crippen LogP contribution in [0.2, 0.25) is 0 Å². The molecule has 0 aromatic rings. The van der Waals surface area contributed by atoms with Gasteiger partial charge in [0.05, 0.1) is 0 Å². The van der Waals surface area contributed by atoms with Crippen LogP contribution in [0.3, 0.4) is 0 Å². The molecule has 0 radical (unpaired) electrons. The van der Waals surface area contributed by atoms with Crippen LogP contribution in [0.4, 0.5) is 0 Å². The van der Waals surface area contributed by atoms with Gasteiger partial charge in [-0.25, -0.2) is 4.79 Å². The molecule has 13 heavy (non-hydrogen) atoms. The highest BCUT2D eigenvalue weighted by Crippen LogP contribution is 2.24. The molecule has 0 heterocycles. The van der Waals surface area contributed by atoms with Gasteiger partial charge in [-0.1, -0.05) is 27.4 Å². The van der Waals surface area contributed by atoms with Crippen molar-refractivity contribution in [3.63, 3.8) is 0 Å². The lowest BCUT2D eigenvalue weighted by Crippen LogP contribution is -2.20. The summed E-state index contributed by atoms with van der Waals surface area (Å²) < 4.78 is 9.69. The van der Waals surface area contributed by atoms with Gasteiger partial charge in [0.1, 0.15) is 0 Å². The fourth-order valence-electron chi connectivity index (χ4n) is 0.572. The van der Waals surface area contributed by atoms with Crippen LogP contribution in [0.5, 0.6) is 0 Å². The Hall–Kier alpha value is -0.830. The van der Waals surface area contributed by atoms with Crippen LogP contribution in [0.1, 0.15) is 27.7 Å². The van der Waals surface area contributed by atoms with E-state index >= 15 is 0 Å². The van der Waals surface area contributed by atoms with Crippen molar-refractivity contribution in [2.45, 2.75) is 27.7 Å². The molecule has 0 rings (SSSR count). The number of rotatable bonds is 4. The first-order valence-electron chi connectivity index (χ1n) is 4.33. The Morgan fingerprint density at radius 2 is 1.92 bits per heavy atom. The molecule has 3 nitrogen and oxygen atoms in total. The zero-order chi connectivity index (χ0) is 10.5. The van der Waals surface area contributed by atoms with Crippen LogP contribution in [-0.4, -0.2) is 19.4 Å². The van der Waals surface area contributed by atoms with Crippen LogP contribution in [-0.2, 0) is 14.3 Å². The quantitative estimate of drug-likeness (QED) is 0.292. The summed E-state index contributed by atoms with van der Waals surface area (Å²) in [7, 11) is 0. The SMILES string of the molecule is C=C(C(=O)OCOCC)C(C)(C)C. The van der Waals surface area contributed by atoms with Gasteiger partial charge in [-0.15, -0.1) is 0 Å². The minimum Gasteiger partial charge on any atom is -0.435 e. The predicted octanol–water partition coefficient (Wildman–Crippen LogP) is 2.13. The summed E-state index contributed by atoms with van der Waals surface area (Å²) in [5.41, 5.74) is 0.218. The first kappa shape index (κ1) is 12.2. The van der Waals surface area contributed by atoms with E-state index in [0.29, 0.717) is 12.2 Å². The van der Waals surface area contributed by atoms with Gasteiger partial charge < -0.3 is 9.47 Å². The second-order valence-electron chi connectivity index (χ2n) is 3.77. The van der Waals surface area contributed by atoms with Crippen LogP contribution in [0, 0.1) is 5.41 Å². The second kappa shape index (κ2) is 5.02. The minimum atomic E-state index is -0.388. The van der Waals surface area contributed by atoms with E-state index in [9.17, 15) is 4.79 Å². The highest BCUT2D eigenvalue weighted by atomic mass is 16.7. The van der Waals surface area contributed by atoms with E-state index in [2.05, 4.69) is 6.58 Å². The molecule has 0 atom stereocenters. The summed E-state index contributed by atoms with van der Waals surface area (Å²) in [5, 5.41) is 0. The lowest BCUT2D eigenvalue weighted by atomic mass is 9.88. The zero-order valence-corrected chi connectivity index (χ0v) is 8.85. The molecular formula is C10H18O3. The summed E-state index contributed by atoms with van der Waals surface area (Å²) in [6.07, 6.45) is 0. The number of hydrogen-bond acceptors (Lipinski definition) is 3. The predicted molar refractivity (Wildman–Crippen MR) is 51.2 cm³/mol. The first-order chi connectivity index (χ1) is 5.89. The maximum absolute atomic E-state index is 11.3. The molecule has 0 aliphatic heterocycles. The van der Waals surface area contributed by atoms with E-state index in [1.807, 2.05) is 27.7 Å². The van der Waals surface area contributed by atoms with Crippen LogP contribution >= 0.6 is 0 Å². The highest BCUT2D eigenvalue weighted by Gasteiger charge is 2.22. The zero-order valence-electron chi connectivity index (χ0n) is 8.85. The van der Waals surface area contributed by atoms with Gasteiger partial charge in [-0.3, -0.25) is 0 Å². The lowest BCUT2D eigenvalue weighted by Gasteiger charge is -2.19. The third-order valence-corrected chi connectivity index (χ3v) is 1.63. The Morgan fingerprint density at radius 3 is 2.31 bits per heavy atom. The van der Waals surface area contributed by atoms with Gasteiger partial charge >= 0.3 is 5.97 Å². The van der Waals surface area contributed by atoms with Crippen LogP contribution in [0.15, 0.2) is 12.2 Å². The van der Waals surface area contributed by atoms with Crippen molar-refractivity contribution in [2.75, 3.05) is 13.4 Å². The summed E-state index contributed by atoms with van der Waals surface area (Å²) in [6, 6.07) is 0. The van der Waals surface area contributed by atoms with E-state index in [1.54, 1.807) is 0 Å². The molecule has 0 aromatic heterocycles. The Labute approximate surface area is 79.7 Å². The summed E-state index contributed by atoms with van der Waals surface area (Å²) in [5.74, 6) is -0.388. The van der Waals surface area contributed by atoms with Crippen molar-refractivity contribution < 1.29 is 14.3 Å². The van der Waals surface area contributed by atoms with Gasteiger partial charge in [0.15, 0.2) is 6.79 Å². The van der Waals surface area contributed by atoms with Crippen LogP contribution in [0.25, 0.3) is 0 Å². The number of esters is 1. The van der Waals surface area contributed by atoms with Crippen molar-refractivity contribution in [1.29, 1.82) is 0 Å². The molecule has 0 saturated heterocycles. The minimum absolute atomic E-state index is 0.00440. The molecule has 0 unspecified atom stereocenters. The third-order valence-electron chi connectivity index (χ3n) is 1.63. The number of carbonyl (C=O) groups excluding carboxylic acids is 1. The van der Waals surface area contributed by atoms with Crippen molar-refractivity contribution in [3.8, 4) is 0 Å². The van der Waals surface area contributed by atoms with Crippen molar-refractivity contribution in [1.82, 2.24) is 0 Å². The lowest BCUT2D eigenvalue weighted by molar-refractivity contribution is -0.152. The van der Waals surface area contributed by atoms with E-state index in [-0.39, 0.29) is 18.2 Å². The highest BCUT2D eigenvalue weighted by molar-refractivity contribution is 5.88. The molecule has 0 fully saturated rings. The van der Waals surface area contributed by atoms with Gasteiger partial charge in [0, 0.05) is 12.2 Å². The molecule has 0 aliphatic rings. The van der Waals surface area contributed by atoms with Crippen LogP contribution < -0.4 is 0 Å². The van der Waals surface area contributed by atoms with Gasteiger partial charge in [0.25, 0.3) is 0 Å². The van der Waals surface area contributed by atoms with E-state index in [4.69, 9.17) is 9.47 Å². The largest absolute Gasteiger partial charge is 0.435 e. The topological polar surface area (TPSA) is 35.5 Å². The average molecular weight is 186 g/mol. The first-order valence-corrected chi connectivity index (χ1v) is 4.33. The summed E-state index contributed by atoms with van der Waals surface area (Å²) in [6.45, 7) is 11.8. The second-order valence-corrected chi connectivity index (χ2v) is 3.77. The molecule has 0 spiro atoms. The number of hydrogen-bond donors (Lipinski definition) is 0. The molecule has 0 aromatic carbocycles. The van der Waals surface area contributed by atoms with Crippen molar-refractivity contribution in [3.05, 3.63) is 12.2 Å². The molecule has 3 heteroatoms. The van der Waals surface area contributed by atoms with Gasteiger partial charge in [0.2, 0.25) is 0 Å². The Bertz CT molecular complexity index is 189. The number of ether oxygens (including phenoxy) is 2. The molecular weight excluding hydrogens is 168 g/mol. The maximum Gasteiger partial charge on any atom is 0.336 e. The summed E-state index contributed by atoms with van der Waals surface area (Å²) >= 11 is 0. The molecule has 0 N–H and O–H groups in total. The summed E-state index contributed by atoms with van der Waals surface area (Å²) in [4.78, 5) is 11.3.